The SMILES string of the molecule is O=C(O)C=Cc1cccc(OCCN2CCCCC2)c1. The van der Waals surface area contributed by atoms with Crippen LogP contribution in [0.15, 0.2) is 30.3 Å². The number of likely N-dealkylation sites (tertiary alicyclic amines) is 1. The van der Waals surface area contributed by atoms with E-state index in [2.05, 4.69) is 4.90 Å². The highest BCUT2D eigenvalue weighted by Crippen LogP contribution is 2.15. The molecule has 1 aliphatic rings. The number of piperidine rings is 1. The van der Waals surface area contributed by atoms with E-state index in [1.807, 2.05) is 24.3 Å². The number of nitrogens with zero attached hydrogens (tertiary/aromatic N) is 1. The standard InChI is InChI=1S/C16H21NO3/c18-16(19)8-7-14-5-4-6-15(13-14)20-12-11-17-9-2-1-3-10-17/h4-8,13H,1-3,9-12H2,(H,18,19). The topological polar surface area (TPSA) is 49.8 Å². The molecule has 4 nitrogen and oxygen atoms in total. The lowest BCUT2D eigenvalue weighted by molar-refractivity contribution is -0.131. The number of benzene rings is 1. The van der Waals surface area contributed by atoms with Gasteiger partial charge >= 0.3 is 5.97 Å². The van der Waals surface area contributed by atoms with Crippen LogP contribution >= 0.6 is 0 Å². The molecule has 1 aromatic rings. The maximum absolute atomic E-state index is 10.5. The third kappa shape index (κ3) is 5.05. The van der Waals surface area contributed by atoms with Crippen molar-refractivity contribution in [3.63, 3.8) is 0 Å². The van der Waals surface area contributed by atoms with Gasteiger partial charge in [0.1, 0.15) is 12.4 Å². The average Bonchev–Trinajstić information content (AvgIpc) is 2.47. The Balaban J connectivity index is 1.80. The summed E-state index contributed by atoms with van der Waals surface area (Å²) >= 11 is 0. The van der Waals surface area contributed by atoms with Crippen LogP contribution < -0.4 is 4.74 Å². The number of hydrogen-bond acceptors (Lipinski definition) is 3. The highest BCUT2D eigenvalue weighted by atomic mass is 16.5. The number of carboxylic acid groups (broad SMARTS) is 1. The first-order chi connectivity index (χ1) is 9.74. The summed E-state index contributed by atoms with van der Waals surface area (Å²) in [6.45, 7) is 3.97. The number of hydrogen-bond donors (Lipinski definition) is 1. The van der Waals surface area contributed by atoms with Gasteiger partial charge in [-0.1, -0.05) is 18.6 Å². The summed E-state index contributed by atoms with van der Waals surface area (Å²) in [4.78, 5) is 12.9. The van der Waals surface area contributed by atoms with E-state index in [0.717, 1.165) is 23.9 Å². The lowest BCUT2D eigenvalue weighted by atomic mass is 10.1. The van der Waals surface area contributed by atoms with E-state index in [-0.39, 0.29) is 0 Å². The van der Waals surface area contributed by atoms with Crippen molar-refractivity contribution in [3.8, 4) is 5.75 Å². The molecule has 20 heavy (non-hydrogen) atoms. The molecule has 1 aromatic carbocycles. The second-order valence-corrected chi connectivity index (χ2v) is 4.99. The first-order valence-corrected chi connectivity index (χ1v) is 7.10. The molecule has 0 aromatic heterocycles. The maximum atomic E-state index is 10.5. The minimum atomic E-state index is -0.943. The molecule has 0 radical (unpaired) electrons. The predicted octanol–water partition coefficient (Wildman–Crippen LogP) is 2.65. The van der Waals surface area contributed by atoms with Crippen LogP contribution in [0, 0.1) is 0 Å². The number of carbonyl (C=O) groups is 1. The van der Waals surface area contributed by atoms with E-state index >= 15 is 0 Å². The minimum absolute atomic E-state index is 0.673. The average molecular weight is 275 g/mol. The van der Waals surface area contributed by atoms with Crippen molar-refractivity contribution < 1.29 is 14.6 Å². The van der Waals surface area contributed by atoms with Crippen molar-refractivity contribution >= 4 is 12.0 Å². The summed E-state index contributed by atoms with van der Waals surface area (Å²) in [6, 6.07) is 7.48. The number of ether oxygens (including phenoxy) is 1. The van der Waals surface area contributed by atoms with Crippen molar-refractivity contribution in [2.75, 3.05) is 26.2 Å². The van der Waals surface area contributed by atoms with Gasteiger partial charge in [-0.15, -0.1) is 0 Å². The minimum Gasteiger partial charge on any atom is -0.492 e. The normalized spacial score (nSPS) is 16.4. The lowest BCUT2D eigenvalue weighted by Crippen LogP contribution is -2.33. The van der Waals surface area contributed by atoms with Crippen LogP contribution in [-0.4, -0.2) is 42.2 Å². The van der Waals surface area contributed by atoms with Crippen molar-refractivity contribution in [1.29, 1.82) is 0 Å². The Morgan fingerprint density at radius 2 is 2.10 bits per heavy atom. The van der Waals surface area contributed by atoms with Gasteiger partial charge in [-0.05, 0) is 49.7 Å². The number of carboxylic acids is 1. The summed E-state index contributed by atoms with van der Waals surface area (Å²) in [5.41, 5.74) is 0.836. The first kappa shape index (κ1) is 14.6. The largest absolute Gasteiger partial charge is 0.492 e. The van der Waals surface area contributed by atoms with Gasteiger partial charge in [0.15, 0.2) is 0 Å². The molecule has 1 fully saturated rings. The quantitative estimate of drug-likeness (QED) is 0.811. The van der Waals surface area contributed by atoms with Gasteiger partial charge in [0.25, 0.3) is 0 Å². The summed E-state index contributed by atoms with van der Waals surface area (Å²) < 4.78 is 5.73. The summed E-state index contributed by atoms with van der Waals surface area (Å²) in [5, 5.41) is 8.61. The Morgan fingerprint density at radius 3 is 2.85 bits per heavy atom. The molecule has 2 rings (SSSR count). The van der Waals surface area contributed by atoms with Crippen LogP contribution in [0.25, 0.3) is 6.08 Å². The fourth-order valence-corrected chi connectivity index (χ4v) is 2.35. The van der Waals surface area contributed by atoms with Crippen LogP contribution in [-0.2, 0) is 4.79 Å². The van der Waals surface area contributed by atoms with Gasteiger partial charge in [0.05, 0.1) is 0 Å². The third-order valence-corrected chi connectivity index (χ3v) is 3.40. The van der Waals surface area contributed by atoms with E-state index in [9.17, 15) is 4.79 Å². The molecule has 1 N–H and O–H groups in total. The van der Waals surface area contributed by atoms with Crippen molar-refractivity contribution in [1.82, 2.24) is 4.90 Å². The fraction of sp³-hybridized carbons (Fsp3) is 0.438. The van der Waals surface area contributed by atoms with Gasteiger partial charge in [-0.25, -0.2) is 4.79 Å². The zero-order valence-electron chi connectivity index (χ0n) is 11.6. The Hall–Kier alpha value is -1.81. The van der Waals surface area contributed by atoms with E-state index < -0.39 is 5.97 Å². The molecule has 108 valence electrons. The fourth-order valence-electron chi connectivity index (χ4n) is 2.35. The van der Waals surface area contributed by atoms with Crippen molar-refractivity contribution in [2.45, 2.75) is 19.3 Å². The Kier molecular flexibility index (Phi) is 5.62. The molecule has 0 spiro atoms. The molecule has 0 unspecified atom stereocenters. The number of rotatable bonds is 6. The first-order valence-electron chi connectivity index (χ1n) is 7.10. The monoisotopic (exact) mass is 275 g/mol. The summed E-state index contributed by atoms with van der Waals surface area (Å²) in [6.07, 6.45) is 6.62. The highest BCUT2D eigenvalue weighted by Gasteiger charge is 2.09. The molecule has 0 aliphatic carbocycles. The Bertz CT molecular complexity index is 465. The molecular weight excluding hydrogens is 254 g/mol. The highest BCUT2D eigenvalue weighted by molar-refractivity contribution is 5.85. The van der Waals surface area contributed by atoms with E-state index in [0.29, 0.717) is 6.61 Å². The molecule has 0 bridgehead atoms. The number of aliphatic carboxylic acids is 1. The van der Waals surface area contributed by atoms with Crippen LogP contribution in [0.4, 0.5) is 0 Å². The van der Waals surface area contributed by atoms with Crippen LogP contribution in [0.3, 0.4) is 0 Å². The van der Waals surface area contributed by atoms with Crippen molar-refractivity contribution in [3.05, 3.63) is 35.9 Å². The lowest BCUT2D eigenvalue weighted by Gasteiger charge is -2.26. The Labute approximate surface area is 119 Å². The van der Waals surface area contributed by atoms with E-state index in [4.69, 9.17) is 9.84 Å². The Morgan fingerprint density at radius 1 is 1.30 bits per heavy atom. The molecule has 1 heterocycles. The zero-order valence-corrected chi connectivity index (χ0v) is 11.6. The third-order valence-electron chi connectivity index (χ3n) is 3.40. The van der Waals surface area contributed by atoms with Crippen LogP contribution in [0.2, 0.25) is 0 Å². The van der Waals surface area contributed by atoms with E-state index in [1.165, 1.54) is 32.4 Å². The van der Waals surface area contributed by atoms with Gasteiger partial charge < -0.3 is 9.84 Å². The summed E-state index contributed by atoms with van der Waals surface area (Å²) in [7, 11) is 0. The molecule has 4 heteroatoms. The van der Waals surface area contributed by atoms with Crippen molar-refractivity contribution in [2.24, 2.45) is 0 Å². The second-order valence-electron chi connectivity index (χ2n) is 4.99. The van der Waals surface area contributed by atoms with E-state index in [1.54, 1.807) is 6.08 Å². The molecule has 1 saturated heterocycles. The second kappa shape index (κ2) is 7.70. The molecule has 1 aliphatic heterocycles. The zero-order chi connectivity index (χ0) is 14.2. The summed E-state index contributed by atoms with van der Waals surface area (Å²) in [5.74, 6) is -0.157. The predicted molar refractivity (Wildman–Crippen MR) is 78.9 cm³/mol. The van der Waals surface area contributed by atoms with Crippen LogP contribution in [0.5, 0.6) is 5.75 Å². The molecule has 0 atom stereocenters. The van der Waals surface area contributed by atoms with Gasteiger partial charge in [0, 0.05) is 12.6 Å². The van der Waals surface area contributed by atoms with Gasteiger partial charge in [0.2, 0.25) is 0 Å². The molecule has 0 saturated carbocycles. The van der Waals surface area contributed by atoms with Gasteiger partial charge in [-0.3, -0.25) is 4.90 Å². The smallest absolute Gasteiger partial charge is 0.328 e. The van der Waals surface area contributed by atoms with Gasteiger partial charge in [-0.2, -0.15) is 0 Å². The maximum Gasteiger partial charge on any atom is 0.328 e. The molecule has 0 amide bonds. The van der Waals surface area contributed by atoms with Crippen LogP contribution in [0.1, 0.15) is 24.8 Å². The molecular formula is C16H21NO3.